The minimum absolute atomic E-state index is 0.0853. The molecule has 0 N–H and O–H groups in total. The summed E-state index contributed by atoms with van der Waals surface area (Å²) in [6, 6.07) is 7.59. The van der Waals surface area contributed by atoms with Crippen molar-refractivity contribution in [3.8, 4) is 17.2 Å². The average molecular weight is 358 g/mol. The van der Waals surface area contributed by atoms with Crippen molar-refractivity contribution in [2.75, 3.05) is 13.9 Å². The van der Waals surface area contributed by atoms with Crippen molar-refractivity contribution in [3.63, 3.8) is 0 Å². The number of rotatable bonds is 3. The van der Waals surface area contributed by atoms with Crippen LogP contribution in [-0.2, 0) is 4.79 Å². The predicted octanol–water partition coefficient (Wildman–Crippen LogP) is 4.23. The normalized spacial score (nSPS) is 18.7. The lowest BCUT2D eigenvalue weighted by Crippen LogP contribution is -2.13. The number of allylic oxidation sites excluding steroid dienone is 2. The van der Waals surface area contributed by atoms with E-state index in [-0.39, 0.29) is 29.8 Å². The van der Waals surface area contributed by atoms with E-state index in [0.29, 0.717) is 29.9 Å². The Morgan fingerprint density at radius 2 is 1.85 bits per heavy atom. The number of ether oxygens (including phenoxy) is 3. The fraction of sp³-hybridized carbons (Fsp3) is 0.250. The molecule has 2 aromatic rings. The van der Waals surface area contributed by atoms with Gasteiger partial charge in [0.2, 0.25) is 6.79 Å². The van der Waals surface area contributed by atoms with Gasteiger partial charge in [-0.05, 0) is 47.8 Å². The van der Waals surface area contributed by atoms with Crippen LogP contribution in [0.2, 0.25) is 0 Å². The largest absolute Gasteiger partial charge is 0.494 e. The monoisotopic (exact) mass is 358 g/mol. The van der Waals surface area contributed by atoms with Crippen LogP contribution in [-0.4, -0.2) is 19.7 Å². The molecule has 1 heterocycles. The minimum atomic E-state index is -0.664. The van der Waals surface area contributed by atoms with Gasteiger partial charge in [0.1, 0.15) is 5.82 Å². The van der Waals surface area contributed by atoms with Crippen molar-refractivity contribution in [3.05, 3.63) is 59.2 Å². The maximum atomic E-state index is 14.4. The number of carbonyl (C=O) groups is 1. The average Bonchev–Trinajstić information content (AvgIpc) is 3.10. The molecule has 0 aromatic heterocycles. The second-order valence-electron chi connectivity index (χ2n) is 6.32. The fourth-order valence-electron chi connectivity index (χ4n) is 3.41. The molecule has 2 aromatic carbocycles. The van der Waals surface area contributed by atoms with Gasteiger partial charge >= 0.3 is 0 Å². The van der Waals surface area contributed by atoms with Gasteiger partial charge in [0.15, 0.2) is 28.8 Å². The topological polar surface area (TPSA) is 44.8 Å². The highest BCUT2D eigenvalue weighted by Gasteiger charge is 2.27. The third kappa shape index (κ3) is 2.92. The summed E-state index contributed by atoms with van der Waals surface area (Å²) >= 11 is 0. The van der Waals surface area contributed by atoms with E-state index in [4.69, 9.17) is 14.2 Å². The lowest BCUT2D eigenvalue weighted by molar-refractivity contribution is -0.115. The molecular weight excluding hydrogens is 342 g/mol. The Kier molecular flexibility index (Phi) is 4.11. The van der Waals surface area contributed by atoms with Gasteiger partial charge in [0.05, 0.1) is 7.11 Å². The zero-order valence-electron chi connectivity index (χ0n) is 14.1. The predicted molar refractivity (Wildman–Crippen MR) is 90.4 cm³/mol. The van der Waals surface area contributed by atoms with Gasteiger partial charge in [-0.25, -0.2) is 8.78 Å². The lowest BCUT2D eigenvalue weighted by atomic mass is 9.81. The highest BCUT2D eigenvalue weighted by molar-refractivity contribution is 5.99. The molecule has 0 spiro atoms. The van der Waals surface area contributed by atoms with Crippen molar-refractivity contribution >= 4 is 11.4 Å². The quantitative estimate of drug-likeness (QED) is 0.824. The zero-order valence-corrected chi connectivity index (χ0v) is 14.1. The summed E-state index contributed by atoms with van der Waals surface area (Å²) in [5, 5.41) is 0. The Bertz CT molecular complexity index is 920. The molecule has 1 atom stereocenters. The minimum Gasteiger partial charge on any atom is -0.494 e. The molecule has 1 aliphatic heterocycles. The van der Waals surface area contributed by atoms with Crippen molar-refractivity contribution in [2.24, 2.45) is 0 Å². The van der Waals surface area contributed by atoms with Gasteiger partial charge in [-0.1, -0.05) is 6.07 Å². The molecule has 4 rings (SSSR count). The van der Waals surface area contributed by atoms with E-state index >= 15 is 0 Å². The van der Waals surface area contributed by atoms with Crippen molar-refractivity contribution in [2.45, 2.75) is 18.8 Å². The third-order valence-corrected chi connectivity index (χ3v) is 4.70. The summed E-state index contributed by atoms with van der Waals surface area (Å²) in [5.74, 6) is -0.411. The molecule has 0 amide bonds. The van der Waals surface area contributed by atoms with E-state index < -0.39 is 11.6 Å². The van der Waals surface area contributed by atoms with Crippen molar-refractivity contribution < 1.29 is 27.8 Å². The summed E-state index contributed by atoms with van der Waals surface area (Å²) in [4.78, 5) is 12.2. The smallest absolute Gasteiger partial charge is 0.231 e. The number of hydrogen-bond donors (Lipinski definition) is 0. The molecule has 0 radical (unpaired) electrons. The Labute approximate surface area is 149 Å². The van der Waals surface area contributed by atoms with Crippen LogP contribution in [0.25, 0.3) is 5.57 Å². The molecule has 6 heteroatoms. The Balaban J connectivity index is 1.67. The number of methoxy groups -OCH3 is 1. The number of halogens is 2. The van der Waals surface area contributed by atoms with Gasteiger partial charge < -0.3 is 14.2 Å². The van der Waals surface area contributed by atoms with Crippen LogP contribution in [0.1, 0.15) is 29.9 Å². The van der Waals surface area contributed by atoms with Crippen LogP contribution in [0.15, 0.2) is 36.4 Å². The molecule has 0 saturated heterocycles. The molecule has 0 bridgehead atoms. The summed E-state index contributed by atoms with van der Waals surface area (Å²) < 4.78 is 43.9. The third-order valence-electron chi connectivity index (χ3n) is 4.70. The SMILES string of the molecule is COc1cc(F)c(C2=CC(=O)C[C@H](c3ccc4c(c3)OCO4)C2)cc1F. The lowest BCUT2D eigenvalue weighted by Gasteiger charge is -2.23. The molecule has 0 unspecified atom stereocenters. The number of benzene rings is 2. The van der Waals surface area contributed by atoms with E-state index in [9.17, 15) is 13.6 Å². The fourth-order valence-corrected chi connectivity index (χ4v) is 3.41. The van der Waals surface area contributed by atoms with Crippen molar-refractivity contribution in [1.82, 2.24) is 0 Å². The Hall–Kier alpha value is -2.89. The van der Waals surface area contributed by atoms with Gasteiger partial charge in [-0.15, -0.1) is 0 Å². The molecule has 134 valence electrons. The summed E-state index contributed by atoms with van der Waals surface area (Å²) in [7, 11) is 1.27. The van der Waals surface area contributed by atoms with E-state index in [0.717, 1.165) is 17.7 Å². The second kappa shape index (κ2) is 6.44. The van der Waals surface area contributed by atoms with Gasteiger partial charge in [0.25, 0.3) is 0 Å². The first-order valence-electron chi connectivity index (χ1n) is 8.21. The summed E-state index contributed by atoms with van der Waals surface area (Å²) in [5.41, 5.74) is 1.47. The van der Waals surface area contributed by atoms with E-state index in [2.05, 4.69) is 0 Å². The van der Waals surface area contributed by atoms with Crippen LogP contribution in [0.5, 0.6) is 17.2 Å². The maximum Gasteiger partial charge on any atom is 0.231 e. The highest BCUT2D eigenvalue weighted by atomic mass is 19.1. The Morgan fingerprint density at radius 3 is 2.65 bits per heavy atom. The number of fused-ring (bicyclic) bond motifs is 1. The number of carbonyl (C=O) groups excluding carboxylic acids is 1. The van der Waals surface area contributed by atoms with Crippen molar-refractivity contribution in [1.29, 1.82) is 0 Å². The second-order valence-corrected chi connectivity index (χ2v) is 6.32. The summed E-state index contributed by atoms with van der Waals surface area (Å²) in [6.07, 6.45) is 2.13. The standard InChI is InChI=1S/C20H16F2O4/c1-24-19-9-16(21)15(8-17(19)22)13-4-12(5-14(23)6-13)11-2-3-18-20(7-11)26-10-25-18/h2-3,6-9,12H,4-5,10H2,1H3/t12-/m1/s1. The number of hydrogen-bond acceptors (Lipinski definition) is 4. The first-order valence-corrected chi connectivity index (χ1v) is 8.21. The molecule has 26 heavy (non-hydrogen) atoms. The first-order chi connectivity index (χ1) is 12.5. The molecule has 1 aliphatic carbocycles. The van der Waals surface area contributed by atoms with E-state index in [1.54, 1.807) is 6.07 Å². The molecule has 2 aliphatic rings. The Morgan fingerprint density at radius 1 is 1.04 bits per heavy atom. The number of ketones is 1. The first kappa shape index (κ1) is 16.6. The van der Waals surface area contributed by atoms with Crippen LogP contribution in [0.3, 0.4) is 0 Å². The van der Waals surface area contributed by atoms with Gasteiger partial charge in [-0.3, -0.25) is 4.79 Å². The van der Waals surface area contributed by atoms with Crippen LogP contribution in [0, 0.1) is 11.6 Å². The van der Waals surface area contributed by atoms with Crippen LogP contribution < -0.4 is 14.2 Å². The van der Waals surface area contributed by atoms with Crippen LogP contribution >= 0.6 is 0 Å². The molecule has 0 saturated carbocycles. The van der Waals surface area contributed by atoms with Gasteiger partial charge in [-0.2, -0.15) is 0 Å². The molecular formula is C20H16F2O4. The summed E-state index contributed by atoms with van der Waals surface area (Å²) in [6.45, 7) is 0.171. The van der Waals surface area contributed by atoms with E-state index in [1.807, 2.05) is 12.1 Å². The molecule has 0 fully saturated rings. The highest BCUT2D eigenvalue weighted by Crippen LogP contribution is 2.41. The van der Waals surface area contributed by atoms with Gasteiger partial charge in [0, 0.05) is 18.1 Å². The van der Waals surface area contributed by atoms with Crippen LogP contribution in [0.4, 0.5) is 8.78 Å². The maximum absolute atomic E-state index is 14.4. The molecule has 4 nitrogen and oxygen atoms in total. The van der Waals surface area contributed by atoms with E-state index in [1.165, 1.54) is 13.2 Å². The zero-order chi connectivity index (χ0) is 18.3.